The van der Waals surface area contributed by atoms with Gasteiger partial charge in [-0.3, -0.25) is 4.79 Å². The number of carbonyl (C=O) groups is 1. The molecule has 0 aromatic heterocycles. The lowest BCUT2D eigenvalue weighted by molar-refractivity contribution is -0.146. The fraction of sp³-hybridized carbons (Fsp3) is 0.526. The number of unbranched alkanes of at least 4 members (excludes halogenated alkanes) is 3. The highest BCUT2D eigenvalue weighted by Crippen LogP contribution is 2.15. The minimum atomic E-state index is -1.39. The fourth-order valence-electron chi connectivity index (χ4n) is 2.06. The molecular formula is C19H28O2. The van der Waals surface area contributed by atoms with Crippen molar-refractivity contribution in [2.75, 3.05) is 6.61 Å². The van der Waals surface area contributed by atoms with E-state index in [4.69, 9.17) is 7.48 Å². The van der Waals surface area contributed by atoms with Crippen molar-refractivity contribution in [3.8, 4) is 0 Å². The number of hydrogen-bond acceptors (Lipinski definition) is 2. The summed E-state index contributed by atoms with van der Waals surface area (Å²) in [6.45, 7) is 4.14. The lowest BCUT2D eigenvalue weighted by Crippen LogP contribution is -2.16. The normalized spacial score (nSPS) is 16.9. The van der Waals surface area contributed by atoms with Crippen LogP contribution in [-0.4, -0.2) is 12.6 Å². The molecule has 0 saturated heterocycles. The first kappa shape index (κ1) is 14.4. The number of carbonyl (C=O) groups excluding carboxylic acids is 1. The monoisotopic (exact) mass is 290 g/mol. The smallest absolute Gasteiger partial charge is 0.312 e. The zero-order valence-corrected chi connectivity index (χ0v) is 13.2. The van der Waals surface area contributed by atoms with E-state index in [1.54, 1.807) is 19.1 Å². The van der Waals surface area contributed by atoms with E-state index in [2.05, 4.69) is 6.92 Å². The van der Waals surface area contributed by atoms with Crippen LogP contribution >= 0.6 is 0 Å². The van der Waals surface area contributed by atoms with E-state index in [9.17, 15) is 4.79 Å². The largest absolute Gasteiger partial charge is 0.466 e. The number of allylic oxidation sites excluding steroid dienone is 1. The molecule has 0 heterocycles. The van der Waals surface area contributed by atoms with Crippen LogP contribution in [0.1, 0.15) is 54.3 Å². The molecule has 0 aliphatic carbocycles. The van der Waals surface area contributed by atoms with Gasteiger partial charge >= 0.3 is 5.97 Å². The zero-order valence-electron chi connectivity index (χ0n) is 15.2. The van der Waals surface area contributed by atoms with Crippen molar-refractivity contribution in [2.24, 2.45) is 5.89 Å². The predicted molar refractivity (Wildman–Crippen MR) is 88.2 cm³/mol. The van der Waals surface area contributed by atoms with Gasteiger partial charge in [-0.15, -0.1) is 0 Å². The van der Waals surface area contributed by atoms with Gasteiger partial charge < -0.3 is 4.74 Å². The Morgan fingerprint density at radius 2 is 2.05 bits per heavy atom. The van der Waals surface area contributed by atoms with E-state index in [0.717, 1.165) is 31.2 Å². The van der Waals surface area contributed by atoms with Gasteiger partial charge in [-0.25, -0.2) is 0 Å². The van der Waals surface area contributed by atoms with Crippen molar-refractivity contribution in [3.05, 3.63) is 48.0 Å². The fourth-order valence-corrected chi connectivity index (χ4v) is 2.06. The first-order chi connectivity index (χ1) is 11.0. The minimum absolute atomic E-state index is 0.269. The molecule has 2 nitrogen and oxygen atoms in total. The third kappa shape index (κ3) is 7.69. The third-order valence-electron chi connectivity index (χ3n) is 3.22. The number of ether oxygens (including phenoxy) is 1. The van der Waals surface area contributed by atoms with Gasteiger partial charge in [-0.1, -0.05) is 75.1 Å². The maximum atomic E-state index is 12.2. The van der Waals surface area contributed by atoms with E-state index in [-0.39, 0.29) is 6.61 Å². The Hall–Kier alpha value is -1.57. The maximum Gasteiger partial charge on any atom is 0.312 e. The molecule has 0 amide bonds. The van der Waals surface area contributed by atoms with Gasteiger partial charge in [-0.2, -0.15) is 0 Å². The van der Waals surface area contributed by atoms with Crippen LogP contribution in [0.4, 0.5) is 0 Å². The van der Waals surface area contributed by atoms with Crippen LogP contribution in [0, 0.1) is 5.89 Å². The molecule has 1 aromatic carbocycles. The molecule has 0 N–H and O–H groups in total. The zero-order chi connectivity index (χ0) is 17.1. The first-order valence-corrected chi connectivity index (χ1v) is 7.87. The summed E-state index contributed by atoms with van der Waals surface area (Å²) >= 11 is 0. The van der Waals surface area contributed by atoms with Crippen LogP contribution in [-0.2, 0) is 15.9 Å². The topological polar surface area (TPSA) is 26.3 Å². The van der Waals surface area contributed by atoms with Gasteiger partial charge in [0.2, 0.25) is 0 Å². The molecular weight excluding hydrogens is 260 g/mol. The lowest BCUT2D eigenvalue weighted by Gasteiger charge is -2.11. The highest BCUT2D eigenvalue weighted by atomic mass is 16.5. The molecule has 0 aliphatic rings. The first-order valence-electron chi connectivity index (χ1n) is 8.95. The highest BCUT2D eigenvalue weighted by molar-refractivity contribution is 5.74. The molecule has 0 aliphatic heterocycles. The van der Waals surface area contributed by atoms with Crippen molar-refractivity contribution in [1.82, 2.24) is 0 Å². The Labute approximate surface area is 132 Å². The van der Waals surface area contributed by atoms with E-state index in [1.807, 2.05) is 30.3 Å². The van der Waals surface area contributed by atoms with Gasteiger partial charge in [0.25, 0.3) is 0 Å². The summed E-state index contributed by atoms with van der Waals surface area (Å²) in [5, 5.41) is 0. The van der Waals surface area contributed by atoms with Gasteiger partial charge in [0.15, 0.2) is 0 Å². The second-order valence-corrected chi connectivity index (χ2v) is 4.99. The molecule has 0 spiro atoms. The van der Waals surface area contributed by atoms with E-state index in [0.29, 0.717) is 6.42 Å². The van der Waals surface area contributed by atoms with Crippen molar-refractivity contribution < 1.29 is 12.3 Å². The van der Waals surface area contributed by atoms with Crippen LogP contribution in [0.2, 0.25) is 0 Å². The summed E-state index contributed by atoms with van der Waals surface area (Å²) in [5.41, 5.74) is 0.848. The molecule has 0 fully saturated rings. The Kier molecular flexibility index (Phi) is 7.62. The quantitative estimate of drug-likeness (QED) is 0.347. The third-order valence-corrected chi connectivity index (χ3v) is 3.22. The van der Waals surface area contributed by atoms with Gasteiger partial charge in [0.1, 0.15) is 0 Å². The molecule has 1 rings (SSSR count). The Balaban J connectivity index is 2.78. The summed E-state index contributed by atoms with van der Waals surface area (Å²) in [6, 6.07) is 9.42. The van der Waals surface area contributed by atoms with Crippen LogP contribution in [0.3, 0.4) is 0 Å². The highest BCUT2D eigenvalue weighted by Gasteiger charge is 2.15. The Morgan fingerprint density at radius 3 is 2.71 bits per heavy atom. The van der Waals surface area contributed by atoms with Gasteiger partial charge in [-0.05, 0) is 25.3 Å². The number of rotatable bonds is 10. The molecule has 21 heavy (non-hydrogen) atoms. The molecule has 2 atom stereocenters. The van der Waals surface area contributed by atoms with Crippen LogP contribution in [0.25, 0.3) is 0 Å². The van der Waals surface area contributed by atoms with E-state index < -0.39 is 18.3 Å². The molecule has 2 unspecified atom stereocenters. The van der Waals surface area contributed by atoms with Crippen molar-refractivity contribution in [1.29, 1.82) is 0 Å². The summed E-state index contributed by atoms with van der Waals surface area (Å²) in [6.07, 6.45) is 7.06. The molecule has 2 heteroatoms. The summed E-state index contributed by atoms with van der Waals surface area (Å²) in [4.78, 5) is 12.2. The number of benzene rings is 1. The molecule has 1 aromatic rings. The van der Waals surface area contributed by atoms with E-state index >= 15 is 0 Å². The number of hydrogen-bond donors (Lipinski definition) is 0. The van der Waals surface area contributed by atoms with E-state index in [1.165, 1.54) is 0 Å². The summed E-state index contributed by atoms with van der Waals surface area (Å²) in [5.74, 6) is -1.91. The predicted octanol–water partition coefficient (Wildman–Crippen LogP) is 4.94. The van der Waals surface area contributed by atoms with Gasteiger partial charge in [0, 0.05) is 2.74 Å². The van der Waals surface area contributed by atoms with Crippen molar-refractivity contribution in [3.63, 3.8) is 0 Å². The second-order valence-electron chi connectivity index (χ2n) is 4.99. The van der Waals surface area contributed by atoms with Crippen molar-refractivity contribution >= 4 is 5.97 Å². The summed E-state index contributed by atoms with van der Waals surface area (Å²) in [7, 11) is 0. The molecule has 116 valence electrons. The molecule has 0 saturated carbocycles. The van der Waals surface area contributed by atoms with Crippen molar-refractivity contribution in [2.45, 2.75) is 52.3 Å². The SMILES string of the molecule is [2H]C(/C=C/C([2H])(CCCCCC)C(=O)OCC)c1ccccc1. The Morgan fingerprint density at radius 1 is 1.29 bits per heavy atom. The van der Waals surface area contributed by atoms with Crippen LogP contribution < -0.4 is 0 Å². The number of esters is 1. The standard InChI is InChI=1S/C19H28O2/c1-3-5-6-10-15-18(19(20)21-4-2)16-11-14-17-12-8-7-9-13-17/h7-9,11-13,16,18H,3-6,10,14-15H2,1-2H3/b16-11+/i14D,18D. The molecule has 0 radical (unpaired) electrons. The minimum Gasteiger partial charge on any atom is -0.466 e. The summed E-state index contributed by atoms with van der Waals surface area (Å²) < 4.78 is 21.7. The van der Waals surface area contributed by atoms with Crippen LogP contribution in [0.5, 0.6) is 0 Å². The van der Waals surface area contributed by atoms with Crippen LogP contribution in [0.15, 0.2) is 42.5 Å². The second kappa shape index (κ2) is 11.1. The lowest BCUT2D eigenvalue weighted by atomic mass is 9.99. The van der Waals surface area contributed by atoms with Gasteiger partial charge in [0.05, 0.1) is 12.5 Å². The Bertz CT molecular complexity index is 487. The average molecular weight is 290 g/mol. The maximum absolute atomic E-state index is 12.2. The molecule has 0 bridgehead atoms. The average Bonchev–Trinajstić information content (AvgIpc) is 2.57.